The van der Waals surface area contributed by atoms with E-state index in [4.69, 9.17) is 27.1 Å². The smallest absolute Gasteiger partial charge is 0.410 e. The minimum Gasteiger partial charge on any atom is -0.447 e. The van der Waals surface area contributed by atoms with Gasteiger partial charge in [-0.05, 0) is 64.5 Å². The predicted molar refractivity (Wildman–Crippen MR) is 150 cm³/mol. The van der Waals surface area contributed by atoms with Gasteiger partial charge < -0.3 is 26.0 Å². The minimum absolute atomic E-state index is 0.0656. The number of nitrogens with zero attached hydrogens (tertiary/aromatic N) is 5. The number of benzene rings is 1. The molecular formula is C27H33ClF2N8O3. The zero-order valence-electron chi connectivity index (χ0n) is 22.9. The highest BCUT2D eigenvalue weighted by Crippen LogP contribution is 2.38. The molecule has 1 aromatic carbocycles. The Balaban J connectivity index is 1.45. The van der Waals surface area contributed by atoms with Crippen molar-refractivity contribution in [1.29, 1.82) is 0 Å². The van der Waals surface area contributed by atoms with Gasteiger partial charge in [0.2, 0.25) is 17.8 Å². The number of nitrogens with two attached hydrogens (primary N) is 1. The summed E-state index contributed by atoms with van der Waals surface area (Å²) >= 11 is 5.81. The maximum absolute atomic E-state index is 14.7. The lowest BCUT2D eigenvalue weighted by Gasteiger charge is -2.33. The second-order valence-electron chi connectivity index (χ2n) is 10.8. The van der Waals surface area contributed by atoms with Crippen LogP contribution in [-0.2, 0) is 9.53 Å². The first kappa shape index (κ1) is 28.8. The number of primary amides is 1. The molecule has 1 saturated carbocycles. The van der Waals surface area contributed by atoms with Gasteiger partial charge >= 0.3 is 6.09 Å². The van der Waals surface area contributed by atoms with Crippen molar-refractivity contribution in [2.24, 2.45) is 11.7 Å². The summed E-state index contributed by atoms with van der Waals surface area (Å²) in [4.78, 5) is 39.6. The summed E-state index contributed by atoms with van der Waals surface area (Å²) in [6.07, 6.45) is 4.92. The van der Waals surface area contributed by atoms with Gasteiger partial charge in [-0.1, -0.05) is 11.6 Å². The Morgan fingerprint density at radius 3 is 2.49 bits per heavy atom. The molecule has 0 unspecified atom stereocenters. The molecule has 2 amide bonds. The number of rotatable bonds is 7. The lowest BCUT2D eigenvalue weighted by molar-refractivity contribution is -0.122. The second kappa shape index (κ2) is 12.0. The van der Waals surface area contributed by atoms with Crippen molar-refractivity contribution in [2.45, 2.75) is 70.6 Å². The van der Waals surface area contributed by atoms with E-state index < -0.39 is 17.3 Å². The number of fused-ring (bicyclic) bond motifs is 1. The first-order chi connectivity index (χ1) is 19.6. The van der Waals surface area contributed by atoms with Crippen molar-refractivity contribution in [3.8, 4) is 0 Å². The number of nitrogens with one attached hydrogen (secondary N) is 2. The topological polar surface area (TPSA) is 140 Å². The van der Waals surface area contributed by atoms with Crippen LogP contribution in [-0.4, -0.2) is 61.7 Å². The van der Waals surface area contributed by atoms with E-state index in [9.17, 15) is 18.4 Å². The zero-order valence-corrected chi connectivity index (χ0v) is 23.6. The van der Waals surface area contributed by atoms with E-state index in [0.29, 0.717) is 55.9 Å². The number of anilines is 3. The molecule has 2 aliphatic rings. The molecule has 1 aliphatic heterocycles. The van der Waals surface area contributed by atoms with Crippen LogP contribution in [0.25, 0.3) is 11.2 Å². The first-order valence-electron chi connectivity index (χ1n) is 13.8. The molecule has 3 aromatic rings. The van der Waals surface area contributed by atoms with E-state index in [-0.39, 0.29) is 47.1 Å². The number of imidazole rings is 1. The number of likely N-dealkylation sites (tertiary alicyclic amines) is 1. The number of piperidine rings is 1. The molecule has 0 bridgehead atoms. The lowest BCUT2D eigenvalue weighted by atomic mass is 9.85. The standard InChI is InChI=1S/C27H33ClF2N8O3/c1-14(2)41-27(40)37-9-3-4-17(13-37)33-25-32-12-21-24(36-25)38(18-7-5-15(6-8-18)23(31)39)26(34-21)35-22-19(29)10-16(28)11-20(22)30/h10-12,14-15,17-18H,3-9,13H2,1-2H3,(H2,31,39)(H,34,35)(H,32,33,36)/t15-,17-,18-/m1/s1. The predicted octanol–water partition coefficient (Wildman–Crippen LogP) is 5.14. The largest absolute Gasteiger partial charge is 0.447 e. The molecule has 4 N–H and O–H groups in total. The van der Waals surface area contributed by atoms with Crippen LogP contribution in [0.3, 0.4) is 0 Å². The van der Waals surface area contributed by atoms with Crippen LogP contribution in [0.1, 0.15) is 58.4 Å². The van der Waals surface area contributed by atoms with Crippen LogP contribution in [0.15, 0.2) is 18.3 Å². The second-order valence-corrected chi connectivity index (χ2v) is 11.3. The number of carbonyl (C=O) groups is 2. The summed E-state index contributed by atoms with van der Waals surface area (Å²) < 4.78 is 36.5. The van der Waals surface area contributed by atoms with Crippen LogP contribution >= 0.6 is 11.6 Å². The van der Waals surface area contributed by atoms with Crippen LogP contribution in [0.2, 0.25) is 5.02 Å². The lowest BCUT2D eigenvalue weighted by Crippen LogP contribution is -2.46. The van der Waals surface area contributed by atoms with Gasteiger partial charge in [0.25, 0.3) is 0 Å². The van der Waals surface area contributed by atoms with Crippen LogP contribution in [0.5, 0.6) is 0 Å². The van der Waals surface area contributed by atoms with Gasteiger partial charge in [-0.15, -0.1) is 0 Å². The molecule has 5 rings (SSSR count). The number of hydrogen-bond donors (Lipinski definition) is 3. The molecule has 2 aromatic heterocycles. The highest BCUT2D eigenvalue weighted by atomic mass is 35.5. The fraction of sp³-hybridized carbons (Fsp3) is 0.519. The summed E-state index contributed by atoms with van der Waals surface area (Å²) in [6.45, 7) is 4.66. The fourth-order valence-corrected chi connectivity index (χ4v) is 5.70. The van der Waals surface area contributed by atoms with Crippen LogP contribution in [0, 0.1) is 17.6 Å². The first-order valence-corrected chi connectivity index (χ1v) is 14.1. The van der Waals surface area contributed by atoms with Crippen LogP contribution < -0.4 is 16.4 Å². The Morgan fingerprint density at radius 1 is 1.12 bits per heavy atom. The molecule has 41 heavy (non-hydrogen) atoms. The number of amides is 2. The van der Waals surface area contributed by atoms with Crippen molar-refractivity contribution in [1.82, 2.24) is 24.4 Å². The van der Waals surface area contributed by atoms with E-state index >= 15 is 0 Å². The molecule has 0 radical (unpaired) electrons. The van der Waals surface area contributed by atoms with Gasteiger partial charge in [-0.2, -0.15) is 4.98 Å². The Bertz CT molecular complexity index is 1420. The SMILES string of the molecule is CC(C)OC(=O)N1CCC[C@@H](Nc2ncc3nc(Nc4c(F)cc(Cl)cc4F)n([C@H]4CC[C@H](C(N)=O)CC4)c3n2)C1. The average molecular weight is 591 g/mol. The summed E-state index contributed by atoms with van der Waals surface area (Å²) in [5, 5.41) is 6.05. The van der Waals surface area contributed by atoms with Crippen molar-refractivity contribution in [2.75, 3.05) is 23.7 Å². The van der Waals surface area contributed by atoms with E-state index in [1.54, 1.807) is 15.7 Å². The van der Waals surface area contributed by atoms with Crippen LogP contribution in [0.4, 0.5) is 31.2 Å². The number of aromatic nitrogens is 4. The molecule has 11 nitrogen and oxygen atoms in total. The van der Waals surface area contributed by atoms with Gasteiger partial charge in [0.15, 0.2) is 17.3 Å². The summed E-state index contributed by atoms with van der Waals surface area (Å²) in [7, 11) is 0. The molecule has 0 spiro atoms. The summed E-state index contributed by atoms with van der Waals surface area (Å²) in [5.41, 5.74) is 6.04. The Hall–Kier alpha value is -3.74. The molecule has 1 saturated heterocycles. The monoisotopic (exact) mass is 590 g/mol. The zero-order chi connectivity index (χ0) is 29.3. The van der Waals surface area contributed by atoms with Crippen molar-refractivity contribution in [3.05, 3.63) is 35.0 Å². The number of ether oxygens (including phenoxy) is 1. The highest BCUT2D eigenvalue weighted by molar-refractivity contribution is 6.30. The van der Waals surface area contributed by atoms with Gasteiger partial charge in [-0.3, -0.25) is 9.36 Å². The third-order valence-electron chi connectivity index (χ3n) is 7.49. The summed E-state index contributed by atoms with van der Waals surface area (Å²) in [6, 6.07) is 1.78. The van der Waals surface area contributed by atoms with E-state index in [2.05, 4.69) is 20.6 Å². The minimum atomic E-state index is -0.864. The fourth-order valence-electron chi connectivity index (χ4n) is 5.51. The van der Waals surface area contributed by atoms with Crippen molar-refractivity contribution < 1.29 is 23.1 Å². The normalized spacial score (nSPS) is 21.2. The maximum Gasteiger partial charge on any atom is 0.410 e. The number of halogens is 3. The van der Waals surface area contributed by atoms with Gasteiger partial charge in [-0.25, -0.2) is 23.5 Å². The Kier molecular flexibility index (Phi) is 8.43. The van der Waals surface area contributed by atoms with E-state index in [1.165, 1.54) is 0 Å². The van der Waals surface area contributed by atoms with Crippen molar-refractivity contribution >= 4 is 52.3 Å². The Morgan fingerprint density at radius 2 is 1.83 bits per heavy atom. The molecule has 2 fully saturated rings. The summed E-state index contributed by atoms with van der Waals surface area (Å²) in [5.74, 6) is -1.77. The number of hydrogen-bond acceptors (Lipinski definition) is 8. The molecular weight excluding hydrogens is 558 g/mol. The third kappa shape index (κ3) is 6.45. The van der Waals surface area contributed by atoms with Gasteiger partial charge in [0.1, 0.15) is 11.2 Å². The average Bonchev–Trinajstić information content (AvgIpc) is 3.27. The maximum atomic E-state index is 14.7. The third-order valence-corrected chi connectivity index (χ3v) is 7.71. The van der Waals surface area contributed by atoms with Gasteiger partial charge in [0.05, 0.1) is 12.3 Å². The molecule has 14 heteroatoms. The molecule has 1 atom stereocenters. The molecule has 3 heterocycles. The quantitative estimate of drug-likeness (QED) is 0.344. The van der Waals surface area contributed by atoms with Crippen molar-refractivity contribution in [3.63, 3.8) is 0 Å². The van der Waals surface area contributed by atoms with Gasteiger partial charge in [0, 0.05) is 36.1 Å². The molecule has 220 valence electrons. The van der Waals surface area contributed by atoms with E-state index in [1.807, 2.05) is 13.8 Å². The molecule has 1 aliphatic carbocycles. The van der Waals surface area contributed by atoms with E-state index in [0.717, 1.165) is 25.0 Å². The Labute approximate surface area is 240 Å². The number of carbonyl (C=O) groups excluding carboxylic acids is 2. The highest BCUT2D eigenvalue weighted by Gasteiger charge is 2.30.